The standard InChI is InChI=1S/C14H22N2O3/c1-9(2)8-16-14(17)10(3)19-12-6-5-11(15)7-13(12)18-4/h5-7,9-10H,8,15H2,1-4H3,(H,16,17). The minimum atomic E-state index is -0.587. The molecule has 0 spiro atoms. The Hall–Kier alpha value is -1.91. The molecule has 1 amide bonds. The molecule has 0 heterocycles. The van der Waals surface area contributed by atoms with Crippen molar-refractivity contribution in [3.05, 3.63) is 18.2 Å². The third kappa shape index (κ3) is 4.69. The topological polar surface area (TPSA) is 73.6 Å². The molecule has 5 nitrogen and oxygen atoms in total. The Morgan fingerprint density at radius 1 is 1.32 bits per heavy atom. The molecule has 0 saturated heterocycles. The maximum Gasteiger partial charge on any atom is 0.260 e. The number of nitrogens with two attached hydrogens (primary N) is 1. The molecule has 1 aromatic rings. The number of methoxy groups -OCH3 is 1. The molecule has 1 atom stereocenters. The Kier molecular flexibility index (Phi) is 5.48. The fourth-order valence-corrected chi connectivity index (χ4v) is 1.47. The van der Waals surface area contributed by atoms with Crippen LogP contribution < -0.4 is 20.5 Å². The van der Waals surface area contributed by atoms with E-state index in [1.807, 2.05) is 13.8 Å². The largest absolute Gasteiger partial charge is 0.493 e. The summed E-state index contributed by atoms with van der Waals surface area (Å²) in [6.07, 6.45) is -0.587. The molecule has 0 aliphatic heterocycles. The van der Waals surface area contributed by atoms with Gasteiger partial charge >= 0.3 is 0 Å². The van der Waals surface area contributed by atoms with Crippen molar-refractivity contribution in [2.24, 2.45) is 5.92 Å². The van der Waals surface area contributed by atoms with Gasteiger partial charge in [-0.2, -0.15) is 0 Å². The summed E-state index contributed by atoms with van der Waals surface area (Å²) in [6.45, 7) is 6.40. The normalized spacial score (nSPS) is 12.1. The summed E-state index contributed by atoms with van der Waals surface area (Å²) < 4.78 is 10.8. The van der Waals surface area contributed by atoms with Gasteiger partial charge in [-0.05, 0) is 25.0 Å². The van der Waals surface area contributed by atoms with Gasteiger partial charge in [0, 0.05) is 18.3 Å². The lowest BCUT2D eigenvalue weighted by Gasteiger charge is -2.17. The number of benzene rings is 1. The van der Waals surface area contributed by atoms with Gasteiger partial charge in [0.15, 0.2) is 17.6 Å². The highest BCUT2D eigenvalue weighted by Crippen LogP contribution is 2.29. The van der Waals surface area contributed by atoms with E-state index in [1.165, 1.54) is 7.11 Å². The SMILES string of the molecule is COc1cc(N)ccc1OC(C)C(=O)NCC(C)C. The van der Waals surface area contributed by atoms with Gasteiger partial charge in [0.25, 0.3) is 5.91 Å². The van der Waals surface area contributed by atoms with Gasteiger partial charge in [-0.15, -0.1) is 0 Å². The molecule has 0 fully saturated rings. The molecule has 0 saturated carbocycles. The van der Waals surface area contributed by atoms with Crippen LogP contribution in [0.2, 0.25) is 0 Å². The van der Waals surface area contributed by atoms with Gasteiger partial charge in [0.05, 0.1) is 7.11 Å². The van der Waals surface area contributed by atoms with E-state index >= 15 is 0 Å². The summed E-state index contributed by atoms with van der Waals surface area (Å²) in [5.41, 5.74) is 6.24. The predicted octanol–water partition coefficient (Wildman–Crippen LogP) is 1.82. The number of ether oxygens (including phenoxy) is 2. The number of anilines is 1. The molecule has 1 unspecified atom stereocenters. The summed E-state index contributed by atoms with van der Waals surface area (Å²) in [7, 11) is 1.53. The Balaban J connectivity index is 2.65. The molecule has 19 heavy (non-hydrogen) atoms. The van der Waals surface area contributed by atoms with Gasteiger partial charge in [-0.25, -0.2) is 0 Å². The molecule has 1 rings (SSSR count). The summed E-state index contributed by atoms with van der Waals surface area (Å²) in [4.78, 5) is 11.8. The first-order valence-corrected chi connectivity index (χ1v) is 6.32. The first kappa shape index (κ1) is 15.1. The van der Waals surface area contributed by atoms with E-state index in [2.05, 4.69) is 5.32 Å². The van der Waals surface area contributed by atoms with Crippen molar-refractivity contribution in [2.75, 3.05) is 19.4 Å². The zero-order chi connectivity index (χ0) is 14.4. The van der Waals surface area contributed by atoms with Crippen molar-refractivity contribution < 1.29 is 14.3 Å². The van der Waals surface area contributed by atoms with Crippen molar-refractivity contribution in [1.29, 1.82) is 0 Å². The highest BCUT2D eigenvalue weighted by molar-refractivity contribution is 5.80. The fourth-order valence-electron chi connectivity index (χ4n) is 1.47. The number of nitrogens with one attached hydrogen (secondary N) is 1. The van der Waals surface area contributed by atoms with Crippen molar-refractivity contribution in [3.63, 3.8) is 0 Å². The minimum Gasteiger partial charge on any atom is -0.493 e. The highest BCUT2D eigenvalue weighted by Gasteiger charge is 2.16. The van der Waals surface area contributed by atoms with Crippen LogP contribution in [-0.4, -0.2) is 25.7 Å². The van der Waals surface area contributed by atoms with Crippen LogP contribution in [0.3, 0.4) is 0 Å². The van der Waals surface area contributed by atoms with Crippen LogP contribution >= 0.6 is 0 Å². The van der Waals surface area contributed by atoms with Crippen LogP contribution in [0.15, 0.2) is 18.2 Å². The molecule has 0 radical (unpaired) electrons. The number of hydrogen-bond acceptors (Lipinski definition) is 4. The number of nitrogen functional groups attached to an aromatic ring is 1. The highest BCUT2D eigenvalue weighted by atomic mass is 16.5. The first-order valence-electron chi connectivity index (χ1n) is 6.32. The van der Waals surface area contributed by atoms with Gasteiger partial charge in [-0.1, -0.05) is 13.8 Å². The lowest BCUT2D eigenvalue weighted by molar-refractivity contribution is -0.127. The van der Waals surface area contributed by atoms with Crippen LogP contribution in [0, 0.1) is 5.92 Å². The molecular weight excluding hydrogens is 244 g/mol. The third-order valence-corrected chi connectivity index (χ3v) is 2.55. The van der Waals surface area contributed by atoms with Gasteiger partial charge in [0.2, 0.25) is 0 Å². The van der Waals surface area contributed by atoms with Crippen LogP contribution in [0.25, 0.3) is 0 Å². The predicted molar refractivity (Wildman–Crippen MR) is 75.3 cm³/mol. The van der Waals surface area contributed by atoms with E-state index in [0.717, 1.165) is 0 Å². The Morgan fingerprint density at radius 3 is 2.58 bits per heavy atom. The molecule has 3 N–H and O–H groups in total. The maximum atomic E-state index is 11.8. The monoisotopic (exact) mass is 266 g/mol. The summed E-state index contributed by atoms with van der Waals surface area (Å²) in [5.74, 6) is 1.28. The molecule has 0 aliphatic rings. The second-order valence-electron chi connectivity index (χ2n) is 4.81. The molecular formula is C14H22N2O3. The number of amides is 1. The van der Waals surface area contributed by atoms with E-state index in [-0.39, 0.29) is 5.91 Å². The fraction of sp³-hybridized carbons (Fsp3) is 0.500. The van der Waals surface area contributed by atoms with Gasteiger partial charge < -0.3 is 20.5 Å². The average Bonchev–Trinajstić information content (AvgIpc) is 2.37. The summed E-state index contributed by atoms with van der Waals surface area (Å²) in [5, 5.41) is 2.82. The van der Waals surface area contributed by atoms with E-state index in [1.54, 1.807) is 25.1 Å². The number of carbonyl (C=O) groups excluding carboxylic acids is 1. The zero-order valence-electron chi connectivity index (χ0n) is 11.9. The van der Waals surface area contributed by atoms with Gasteiger partial charge in [-0.3, -0.25) is 4.79 Å². The van der Waals surface area contributed by atoms with E-state index < -0.39 is 6.10 Å². The Morgan fingerprint density at radius 2 is 2.00 bits per heavy atom. The lowest BCUT2D eigenvalue weighted by atomic mass is 10.2. The number of rotatable bonds is 6. The minimum absolute atomic E-state index is 0.146. The van der Waals surface area contributed by atoms with Crippen LogP contribution in [-0.2, 0) is 4.79 Å². The Labute approximate surface area is 114 Å². The van der Waals surface area contributed by atoms with Crippen LogP contribution in [0.4, 0.5) is 5.69 Å². The summed E-state index contributed by atoms with van der Waals surface area (Å²) >= 11 is 0. The van der Waals surface area contributed by atoms with Crippen LogP contribution in [0.1, 0.15) is 20.8 Å². The second kappa shape index (κ2) is 6.87. The summed E-state index contributed by atoms with van der Waals surface area (Å²) in [6, 6.07) is 5.06. The zero-order valence-corrected chi connectivity index (χ0v) is 11.9. The van der Waals surface area contributed by atoms with Gasteiger partial charge in [0.1, 0.15) is 0 Å². The van der Waals surface area contributed by atoms with Crippen molar-refractivity contribution in [3.8, 4) is 11.5 Å². The molecule has 106 valence electrons. The molecule has 0 bridgehead atoms. The second-order valence-corrected chi connectivity index (χ2v) is 4.81. The third-order valence-electron chi connectivity index (χ3n) is 2.55. The smallest absolute Gasteiger partial charge is 0.260 e. The van der Waals surface area contributed by atoms with E-state index in [0.29, 0.717) is 29.6 Å². The number of carbonyl (C=O) groups is 1. The quantitative estimate of drug-likeness (QED) is 0.770. The Bertz CT molecular complexity index is 433. The molecule has 0 aromatic heterocycles. The van der Waals surface area contributed by atoms with Crippen molar-refractivity contribution in [2.45, 2.75) is 26.9 Å². The first-order chi connectivity index (χ1) is 8.93. The molecule has 5 heteroatoms. The molecule has 0 aliphatic carbocycles. The number of hydrogen-bond donors (Lipinski definition) is 2. The van der Waals surface area contributed by atoms with Crippen molar-refractivity contribution in [1.82, 2.24) is 5.32 Å². The molecule has 1 aromatic carbocycles. The average molecular weight is 266 g/mol. The van der Waals surface area contributed by atoms with Crippen LogP contribution in [0.5, 0.6) is 11.5 Å². The van der Waals surface area contributed by atoms with Crippen molar-refractivity contribution >= 4 is 11.6 Å². The maximum absolute atomic E-state index is 11.8. The van der Waals surface area contributed by atoms with E-state index in [9.17, 15) is 4.79 Å². The van der Waals surface area contributed by atoms with E-state index in [4.69, 9.17) is 15.2 Å². The lowest BCUT2D eigenvalue weighted by Crippen LogP contribution is -2.38.